The van der Waals surface area contributed by atoms with E-state index in [2.05, 4.69) is 29.2 Å². The van der Waals surface area contributed by atoms with Gasteiger partial charge in [-0.05, 0) is 46.4 Å². The van der Waals surface area contributed by atoms with Crippen LogP contribution in [0, 0.1) is 0 Å². The van der Waals surface area contributed by atoms with Crippen LogP contribution in [0.15, 0.2) is 10.2 Å². The highest BCUT2D eigenvalue weighted by Gasteiger charge is 2.29. The molecule has 3 heteroatoms. The maximum absolute atomic E-state index is 5.70. The predicted molar refractivity (Wildman–Crippen MR) is 57.3 cm³/mol. The predicted octanol–water partition coefficient (Wildman–Crippen LogP) is 2.87. The van der Waals surface area contributed by atoms with Crippen LogP contribution in [-0.2, 0) is 9.47 Å². The van der Waals surface area contributed by atoms with Gasteiger partial charge in [0.25, 0.3) is 0 Å². The summed E-state index contributed by atoms with van der Waals surface area (Å²) in [5.74, 6) is -0.408. The maximum Gasteiger partial charge on any atom is 0.163 e. The molecule has 0 amide bonds. The summed E-state index contributed by atoms with van der Waals surface area (Å²) in [5, 5.41) is 0. The summed E-state index contributed by atoms with van der Waals surface area (Å²) < 4.78 is 12.3. The minimum atomic E-state index is -0.408. The van der Waals surface area contributed by atoms with E-state index in [9.17, 15) is 0 Å². The Hall–Kier alpha value is 0.390. The Bertz CT molecular complexity index is 177. The van der Waals surface area contributed by atoms with Gasteiger partial charge >= 0.3 is 0 Å². The van der Waals surface area contributed by atoms with Crippen molar-refractivity contribution in [1.82, 2.24) is 0 Å². The summed E-state index contributed by atoms with van der Waals surface area (Å²) >= 11 is 2.24. The molecule has 1 fully saturated rings. The van der Waals surface area contributed by atoms with Crippen molar-refractivity contribution in [3.63, 3.8) is 0 Å². The van der Waals surface area contributed by atoms with E-state index >= 15 is 0 Å². The SMILES string of the molecule is C=C(I)C[C@@H]1CCOC(C)(C)O1. The topological polar surface area (TPSA) is 18.5 Å². The van der Waals surface area contributed by atoms with E-state index in [1.54, 1.807) is 0 Å². The van der Waals surface area contributed by atoms with Crippen molar-refractivity contribution in [2.45, 2.75) is 38.6 Å². The van der Waals surface area contributed by atoms with Crippen molar-refractivity contribution in [3.8, 4) is 0 Å². The van der Waals surface area contributed by atoms with Gasteiger partial charge < -0.3 is 9.47 Å². The molecule has 0 aromatic rings. The van der Waals surface area contributed by atoms with Gasteiger partial charge in [-0.1, -0.05) is 6.58 Å². The van der Waals surface area contributed by atoms with Gasteiger partial charge in [-0.3, -0.25) is 0 Å². The smallest absolute Gasteiger partial charge is 0.163 e. The summed E-state index contributed by atoms with van der Waals surface area (Å²) in [6, 6.07) is 0. The number of halogens is 1. The Kier molecular flexibility index (Phi) is 3.55. The number of ether oxygens (including phenoxy) is 2. The van der Waals surface area contributed by atoms with E-state index in [4.69, 9.17) is 9.47 Å². The third-order valence-electron chi connectivity index (χ3n) is 1.79. The van der Waals surface area contributed by atoms with E-state index < -0.39 is 5.79 Å². The summed E-state index contributed by atoms with van der Waals surface area (Å²) in [4.78, 5) is 0. The zero-order valence-corrected chi connectivity index (χ0v) is 9.76. The van der Waals surface area contributed by atoms with Crippen molar-refractivity contribution in [3.05, 3.63) is 10.2 Å². The van der Waals surface area contributed by atoms with Gasteiger partial charge in [0.1, 0.15) is 0 Å². The van der Waals surface area contributed by atoms with Gasteiger partial charge in [0.15, 0.2) is 5.79 Å². The molecule has 0 saturated carbocycles. The molecule has 2 nitrogen and oxygen atoms in total. The molecule has 0 unspecified atom stereocenters. The average molecular weight is 282 g/mol. The second-order valence-corrected chi connectivity index (χ2v) is 5.02. The zero-order chi connectivity index (χ0) is 9.19. The first kappa shape index (κ1) is 10.5. The van der Waals surface area contributed by atoms with Crippen LogP contribution in [0.25, 0.3) is 0 Å². The highest BCUT2D eigenvalue weighted by Crippen LogP contribution is 2.26. The monoisotopic (exact) mass is 282 g/mol. The Morgan fingerprint density at radius 3 is 2.83 bits per heavy atom. The summed E-state index contributed by atoms with van der Waals surface area (Å²) in [6.07, 6.45) is 2.21. The van der Waals surface area contributed by atoms with Crippen molar-refractivity contribution in [2.75, 3.05) is 6.61 Å². The minimum Gasteiger partial charge on any atom is -0.350 e. The van der Waals surface area contributed by atoms with Crippen molar-refractivity contribution in [1.29, 1.82) is 0 Å². The number of rotatable bonds is 2. The van der Waals surface area contributed by atoms with E-state index in [-0.39, 0.29) is 6.10 Å². The molecule has 0 radical (unpaired) electrons. The minimum absolute atomic E-state index is 0.290. The van der Waals surface area contributed by atoms with Gasteiger partial charge in [-0.2, -0.15) is 0 Å². The highest BCUT2D eigenvalue weighted by atomic mass is 127. The molecular formula is C9H15IO2. The molecule has 1 atom stereocenters. The third kappa shape index (κ3) is 3.41. The molecule has 1 saturated heterocycles. The van der Waals surface area contributed by atoms with Crippen molar-refractivity contribution in [2.24, 2.45) is 0 Å². The van der Waals surface area contributed by atoms with Crippen molar-refractivity contribution < 1.29 is 9.47 Å². The largest absolute Gasteiger partial charge is 0.350 e. The molecular weight excluding hydrogens is 267 g/mol. The fourth-order valence-electron chi connectivity index (χ4n) is 1.32. The number of hydrogen-bond donors (Lipinski definition) is 0. The Balaban J connectivity index is 2.41. The molecule has 0 bridgehead atoms. The normalized spacial score (nSPS) is 28.4. The van der Waals surface area contributed by atoms with Gasteiger partial charge in [0, 0.05) is 6.42 Å². The van der Waals surface area contributed by atoms with E-state index in [1.807, 2.05) is 13.8 Å². The van der Waals surface area contributed by atoms with Crippen LogP contribution in [0.4, 0.5) is 0 Å². The Morgan fingerprint density at radius 1 is 1.67 bits per heavy atom. The van der Waals surface area contributed by atoms with Crippen LogP contribution in [0.1, 0.15) is 26.7 Å². The van der Waals surface area contributed by atoms with Gasteiger partial charge in [0.2, 0.25) is 0 Å². The molecule has 1 aliphatic rings. The Labute approximate surface area is 87.5 Å². The van der Waals surface area contributed by atoms with Crippen molar-refractivity contribution >= 4 is 22.6 Å². The molecule has 1 aliphatic heterocycles. The van der Waals surface area contributed by atoms with Crippen LogP contribution in [0.5, 0.6) is 0 Å². The summed E-state index contributed by atoms with van der Waals surface area (Å²) in [7, 11) is 0. The van der Waals surface area contributed by atoms with E-state index in [0.29, 0.717) is 0 Å². The van der Waals surface area contributed by atoms with Crippen LogP contribution in [-0.4, -0.2) is 18.5 Å². The standard InChI is InChI=1S/C9H15IO2/c1-7(10)6-8-4-5-11-9(2,3)12-8/h8H,1,4-6H2,2-3H3/t8-/m0/s1. The van der Waals surface area contributed by atoms with Crippen LogP contribution in [0.3, 0.4) is 0 Å². The molecule has 0 N–H and O–H groups in total. The average Bonchev–Trinajstić information content (AvgIpc) is 1.82. The molecule has 0 aromatic heterocycles. The second-order valence-electron chi connectivity index (χ2n) is 3.50. The molecule has 0 aliphatic carbocycles. The van der Waals surface area contributed by atoms with Gasteiger partial charge in [-0.15, -0.1) is 0 Å². The molecule has 0 aromatic carbocycles. The van der Waals surface area contributed by atoms with Crippen LogP contribution in [0.2, 0.25) is 0 Å². The molecule has 1 heterocycles. The fourth-order valence-corrected chi connectivity index (χ4v) is 1.81. The molecule has 12 heavy (non-hydrogen) atoms. The lowest BCUT2D eigenvalue weighted by atomic mass is 10.1. The lowest BCUT2D eigenvalue weighted by molar-refractivity contribution is -0.272. The fraction of sp³-hybridized carbons (Fsp3) is 0.778. The highest BCUT2D eigenvalue weighted by molar-refractivity contribution is 14.1. The Morgan fingerprint density at radius 2 is 2.33 bits per heavy atom. The quantitative estimate of drug-likeness (QED) is 0.725. The first-order valence-electron chi connectivity index (χ1n) is 4.15. The molecule has 70 valence electrons. The molecule has 1 rings (SSSR count). The van der Waals surface area contributed by atoms with E-state index in [0.717, 1.165) is 23.0 Å². The summed E-state index contributed by atoms with van der Waals surface area (Å²) in [6.45, 7) is 8.56. The lowest BCUT2D eigenvalue weighted by Gasteiger charge is -2.35. The third-order valence-corrected chi connectivity index (χ3v) is 2.23. The zero-order valence-electron chi connectivity index (χ0n) is 7.60. The first-order valence-corrected chi connectivity index (χ1v) is 5.22. The maximum atomic E-state index is 5.70. The van der Waals surface area contributed by atoms with Gasteiger partial charge in [0.05, 0.1) is 12.7 Å². The lowest BCUT2D eigenvalue weighted by Crippen LogP contribution is -2.39. The molecule has 0 spiro atoms. The van der Waals surface area contributed by atoms with Crippen LogP contribution < -0.4 is 0 Å². The van der Waals surface area contributed by atoms with E-state index in [1.165, 1.54) is 0 Å². The number of hydrogen-bond acceptors (Lipinski definition) is 2. The first-order chi connectivity index (χ1) is 5.49. The van der Waals surface area contributed by atoms with Crippen LogP contribution >= 0.6 is 22.6 Å². The summed E-state index contributed by atoms with van der Waals surface area (Å²) in [5.41, 5.74) is 0. The van der Waals surface area contributed by atoms with Gasteiger partial charge in [-0.25, -0.2) is 0 Å². The second kappa shape index (κ2) is 4.07.